The van der Waals surface area contributed by atoms with Gasteiger partial charge in [0.05, 0.1) is 4.90 Å². The first-order chi connectivity index (χ1) is 12.9. The number of carbonyl (C=O) groups excluding carboxylic acids is 1. The van der Waals surface area contributed by atoms with E-state index >= 15 is 0 Å². The molecule has 2 heterocycles. The molecular formula is C20H21FN2O3S. The molecular weight excluding hydrogens is 367 g/mol. The van der Waals surface area contributed by atoms with Gasteiger partial charge in [-0.25, -0.2) is 12.8 Å². The van der Waals surface area contributed by atoms with E-state index in [1.54, 1.807) is 23.1 Å². The van der Waals surface area contributed by atoms with Crippen molar-refractivity contribution in [3.8, 4) is 0 Å². The molecule has 27 heavy (non-hydrogen) atoms. The maximum atomic E-state index is 13.4. The average molecular weight is 388 g/mol. The molecule has 1 fully saturated rings. The van der Waals surface area contributed by atoms with E-state index in [2.05, 4.69) is 0 Å². The maximum absolute atomic E-state index is 13.4. The number of sulfonamides is 1. The highest BCUT2D eigenvalue weighted by atomic mass is 32.2. The first kappa shape index (κ1) is 18.1. The van der Waals surface area contributed by atoms with Crippen LogP contribution in [0, 0.1) is 5.82 Å². The van der Waals surface area contributed by atoms with Gasteiger partial charge in [-0.1, -0.05) is 12.1 Å². The lowest BCUT2D eigenvalue weighted by Gasteiger charge is -2.29. The molecule has 2 aliphatic rings. The Labute approximate surface area is 158 Å². The molecule has 0 radical (unpaired) electrons. The summed E-state index contributed by atoms with van der Waals surface area (Å²) in [5, 5.41) is 0. The van der Waals surface area contributed by atoms with Gasteiger partial charge in [0.25, 0.3) is 5.91 Å². The molecule has 5 nitrogen and oxygen atoms in total. The van der Waals surface area contributed by atoms with Crippen LogP contribution in [0.5, 0.6) is 0 Å². The van der Waals surface area contributed by atoms with Crippen LogP contribution in [0.4, 0.5) is 4.39 Å². The van der Waals surface area contributed by atoms with Crippen LogP contribution in [0.1, 0.15) is 34.3 Å². The number of fused-ring (bicyclic) bond motifs is 1. The van der Waals surface area contributed by atoms with Gasteiger partial charge in [-0.05, 0) is 60.7 Å². The van der Waals surface area contributed by atoms with Gasteiger partial charge in [0.15, 0.2) is 0 Å². The van der Waals surface area contributed by atoms with E-state index in [-0.39, 0.29) is 10.8 Å². The summed E-state index contributed by atoms with van der Waals surface area (Å²) in [6, 6.07) is 10.8. The summed E-state index contributed by atoms with van der Waals surface area (Å²) in [6.45, 7) is 1.97. The van der Waals surface area contributed by atoms with Crippen LogP contribution in [0.3, 0.4) is 0 Å². The molecule has 142 valence electrons. The van der Waals surface area contributed by atoms with Gasteiger partial charge >= 0.3 is 0 Å². The summed E-state index contributed by atoms with van der Waals surface area (Å²) < 4.78 is 40.5. The Bertz CT molecular complexity index is 984. The fourth-order valence-corrected chi connectivity index (χ4v) is 5.32. The first-order valence-corrected chi connectivity index (χ1v) is 10.6. The third kappa shape index (κ3) is 3.49. The van der Waals surface area contributed by atoms with Crippen molar-refractivity contribution in [2.75, 3.05) is 19.6 Å². The predicted molar refractivity (Wildman–Crippen MR) is 99.3 cm³/mol. The molecule has 0 aliphatic carbocycles. The van der Waals surface area contributed by atoms with Crippen molar-refractivity contribution in [1.82, 2.24) is 9.21 Å². The molecule has 4 rings (SSSR count). The number of rotatable bonds is 3. The molecule has 0 saturated carbocycles. The van der Waals surface area contributed by atoms with Crippen LogP contribution in [-0.2, 0) is 23.0 Å². The normalized spacial score (nSPS) is 17.7. The molecule has 0 spiro atoms. The van der Waals surface area contributed by atoms with Crippen LogP contribution in [0.15, 0.2) is 47.4 Å². The third-order valence-electron chi connectivity index (χ3n) is 5.25. The van der Waals surface area contributed by atoms with Crippen LogP contribution in [0.25, 0.3) is 0 Å². The lowest BCUT2D eigenvalue weighted by molar-refractivity contribution is 0.0734. The highest BCUT2D eigenvalue weighted by molar-refractivity contribution is 7.89. The Balaban J connectivity index is 1.59. The molecule has 7 heteroatoms. The zero-order chi connectivity index (χ0) is 19.0. The Morgan fingerprint density at radius 2 is 1.74 bits per heavy atom. The van der Waals surface area contributed by atoms with Gasteiger partial charge in [0.2, 0.25) is 10.0 Å². The second kappa shape index (κ2) is 7.05. The fraction of sp³-hybridized carbons (Fsp3) is 0.350. The van der Waals surface area contributed by atoms with Crippen molar-refractivity contribution < 1.29 is 17.6 Å². The number of amides is 1. The fourth-order valence-electron chi connectivity index (χ4n) is 3.75. The zero-order valence-electron chi connectivity index (χ0n) is 14.9. The first-order valence-electron chi connectivity index (χ1n) is 9.12. The summed E-state index contributed by atoms with van der Waals surface area (Å²) in [7, 11) is -3.49. The Kier molecular flexibility index (Phi) is 4.74. The van der Waals surface area contributed by atoms with Crippen molar-refractivity contribution in [3.63, 3.8) is 0 Å². The SMILES string of the molecule is O=C(c1cccc(F)c1)N1CCc2ccc(S(=O)(=O)N3CCCC3)cc2C1. The predicted octanol–water partition coefficient (Wildman–Crippen LogP) is 2.81. The standard InChI is InChI=1S/C20H21FN2O3S/c21-18-5-3-4-16(12-18)20(24)22-11-8-15-6-7-19(13-17(15)14-22)27(25,26)23-9-1-2-10-23/h3-7,12-13H,1-2,8-11,14H2. The summed E-state index contributed by atoms with van der Waals surface area (Å²) >= 11 is 0. The molecule has 0 atom stereocenters. The van der Waals surface area contributed by atoms with E-state index in [1.165, 1.54) is 22.5 Å². The van der Waals surface area contributed by atoms with E-state index in [1.807, 2.05) is 6.07 Å². The molecule has 0 N–H and O–H groups in total. The quantitative estimate of drug-likeness (QED) is 0.812. The molecule has 2 aromatic carbocycles. The molecule has 0 unspecified atom stereocenters. The summed E-state index contributed by atoms with van der Waals surface area (Å²) in [4.78, 5) is 14.6. The average Bonchev–Trinajstić information content (AvgIpc) is 3.22. The van der Waals surface area contributed by atoms with Gasteiger partial charge in [-0.3, -0.25) is 4.79 Å². The van der Waals surface area contributed by atoms with Crippen molar-refractivity contribution in [2.24, 2.45) is 0 Å². The largest absolute Gasteiger partial charge is 0.334 e. The van der Waals surface area contributed by atoms with Crippen LogP contribution < -0.4 is 0 Å². The van der Waals surface area contributed by atoms with Gasteiger partial charge < -0.3 is 4.90 Å². The maximum Gasteiger partial charge on any atom is 0.254 e. The van der Waals surface area contributed by atoms with Gasteiger partial charge in [0.1, 0.15) is 5.82 Å². The second-order valence-corrected chi connectivity index (χ2v) is 8.97. The number of benzene rings is 2. The van der Waals surface area contributed by atoms with Crippen molar-refractivity contribution in [3.05, 3.63) is 65.0 Å². The highest BCUT2D eigenvalue weighted by Crippen LogP contribution is 2.27. The minimum absolute atomic E-state index is 0.243. The number of carbonyl (C=O) groups is 1. The Morgan fingerprint density at radius 1 is 0.963 bits per heavy atom. The minimum Gasteiger partial charge on any atom is -0.334 e. The molecule has 1 saturated heterocycles. The van der Waals surface area contributed by atoms with Crippen LogP contribution >= 0.6 is 0 Å². The van der Waals surface area contributed by atoms with Crippen LogP contribution in [-0.4, -0.2) is 43.2 Å². The van der Waals surface area contributed by atoms with E-state index in [4.69, 9.17) is 0 Å². The highest BCUT2D eigenvalue weighted by Gasteiger charge is 2.29. The Morgan fingerprint density at radius 3 is 2.48 bits per heavy atom. The van der Waals surface area contributed by atoms with Gasteiger partial charge in [-0.2, -0.15) is 4.31 Å². The third-order valence-corrected chi connectivity index (χ3v) is 7.15. The van der Waals surface area contributed by atoms with E-state index in [0.717, 1.165) is 24.0 Å². The molecule has 2 aromatic rings. The minimum atomic E-state index is -3.49. The van der Waals surface area contributed by atoms with Crippen molar-refractivity contribution >= 4 is 15.9 Å². The van der Waals surface area contributed by atoms with Crippen LogP contribution in [0.2, 0.25) is 0 Å². The van der Waals surface area contributed by atoms with E-state index in [0.29, 0.717) is 38.2 Å². The topological polar surface area (TPSA) is 57.7 Å². The smallest absolute Gasteiger partial charge is 0.254 e. The summed E-state index contributed by atoms with van der Waals surface area (Å²) in [5.74, 6) is -0.690. The lowest BCUT2D eigenvalue weighted by atomic mass is 9.99. The lowest BCUT2D eigenvalue weighted by Crippen LogP contribution is -2.36. The number of hydrogen-bond acceptors (Lipinski definition) is 3. The molecule has 2 aliphatic heterocycles. The molecule has 1 amide bonds. The summed E-state index contributed by atoms with van der Waals surface area (Å²) in [5.41, 5.74) is 2.20. The monoisotopic (exact) mass is 388 g/mol. The van der Waals surface area contributed by atoms with Crippen molar-refractivity contribution in [2.45, 2.75) is 30.7 Å². The Hall–Kier alpha value is -2.25. The number of hydrogen-bond donors (Lipinski definition) is 0. The number of nitrogens with zero attached hydrogens (tertiary/aromatic N) is 2. The van der Waals surface area contributed by atoms with E-state index in [9.17, 15) is 17.6 Å². The van der Waals surface area contributed by atoms with E-state index < -0.39 is 15.8 Å². The number of halogens is 1. The molecule has 0 bridgehead atoms. The zero-order valence-corrected chi connectivity index (χ0v) is 15.7. The second-order valence-electron chi connectivity index (χ2n) is 7.03. The van der Waals surface area contributed by atoms with Gasteiger partial charge in [-0.15, -0.1) is 0 Å². The van der Waals surface area contributed by atoms with Gasteiger partial charge in [0, 0.05) is 31.7 Å². The molecule has 0 aromatic heterocycles. The van der Waals surface area contributed by atoms with Crippen molar-refractivity contribution in [1.29, 1.82) is 0 Å². The summed E-state index contributed by atoms with van der Waals surface area (Å²) in [6.07, 6.45) is 2.43.